The minimum absolute atomic E-state index is 0.0229. The molecule has 6 nitrogen and oxygen atoms in total. The van der Waals surface area contributed by atoms with Gasteiger partial charge >= 0.3 is 0 Å². The molecule has 1 N–H and O–H groups in total. The van der Waals surface area contributed by atoms with Crippen LogP contribution in [-0.4, -0.2) is 36.2 Å². The van der Waals surface area contributed by atoms with Gasteiger partial charge in [-0.15, -0.1) is 11.8 Å². The summed E-state index contributed by atoms with van der Waals surface area (Å²) in [4.78, 5) is 16.1. The highest BCUT2D eigenvalue weighted by Crippen LogP contribution is 2.15. The Morgan fingerprint density at radius 2 is 2.22 bits per heavy atom. The molecule has 7 heteroatoms. The largest absolute Gasteiger partial charge is 0.337 e. The van der Waals surface area contributed by atoms with E-state index in [1.165, 1.54) is 0 Å². The first-order chi connectivity index (χ1) is 11.2. The van der Waals surface area contributed by atoms with E-state index in [0.29, 0.717) is 5.82 Å². The first-order valence-electron chi connectivity index (χ1n) is 8.10. The Balaban J connectivity index is 1.72. The number of aromatic nitrogens is 4. The molecule has 2 rings (SSSR count). The summed E-state index contributed by atoms with van der Waals surface area (Å²) >= 11 is 1.69. The van der Waals surface area contributed by atoms with Gasteiger partial charge in [0, 0.05) is 37.7 Å². The van der Waals surface area contributed by atoms with Crippen LogP contribution in [-0.2, 0) is 17.9 Å². The lowest BCUT2D eigenvalue weighted by atomic mass is 10.4. The standard InChI is InChI=1S/C16H25N5OS/c1-3-4-12-23-14(2)16(22)18-15-6-10-21(19-15)9-5-8-20-11-7-17-13-20/h6-7,10-11,13-14H,3-5,8-9,12H2,1-2H3,(H,18,19,22). The van der Waals surface area contributed by atoms with Gasteiger partial charge in [0.25, 0.3) is 0 Å². The molecule has 1 unspecified atom stereocenters. The van der Waals surface area contributed by atoms with Crippen LogP contribution in [0.15, 0.2) is 31.0 Å². The van der Waals surface area contributed by atoms with Crippen molar-refractivity contribution in [3.63, 3.8) is 0 Å². The molecule has 0 aliphatic rings. The maximum Gasteiger partial charge on any atom is 0.238 e. The molecule has 0 spiro atoms. The second-order valence-electron chi connectivity index (χ2n) is 5.47. The Kier molecular flexibility index (Phi) is 7.19. The zero-order valence-corrected chi connectivity index (χ0v) is 14.6. The van der Waals surface area contributed by atoms with E-state index in [0.717, 1.165) is 38.1 Å². The number of amides is 1. The molecule has 0 aliphatic carbocycles. The van der Waals surface area contributed by atoms with E-state index >= 15 is 0 Å². The highest BCUT2D eigenvalue weighted by molar-refractivity contribution is 8.00. The summed E-state index contributed by atoms with van der Waals surface area (Å²) in [6, 6.07) is 1.85. The predicted octanol–water partition coefficient (Wildman–Crippen LogP) is 3.03. The second kappa shape index (κ2) is 9.39. The van der Waals surface area contributed by atoms with Crippen LogP contribution in [0.5, 0.6) is 0 Å². The van der Waals surface area contributed by atoms with E-state index in [9.17, 15) is 4.79 Å². The van der Waals surface area contributed by atoms with Crippen molar-refractivity contribution >= 4 is 23.5 Å². The van der Waals surface area contributed by atoms with E-state index in [4.69, 9.17) is 0 Å². The summed E-state index contributed by atoms with van der Waals surface area (Å²) in [5.74, 6) is 1.67. The number of carbonyl (C=O) groups is 1. The lowest BCUT2D eigenvalue weighted by Crippen LogP contribution is -2.23. The van der Waals surface area contributed by atoms with Gasteiger partial charge in [0.2, 0.25) is 5.91 Å². The quantitative estimate of drug-likeness (QED) is 0.678. The van der Waals surface area contributed by atoms with Gasteiger partial charge in [-0.1, -0.05) is 13.3 Å². The van der Waals surface area contributed by atoms with Crippen LogP contribution >= 0.6 is 11.8 Å². The molecule has 126 valence electrons. The Bertz CT molecular complexity index is 581. The second-order valence-corrected chi connectivity index (χ2v) is 6.92. The average Bonchev–Trinajstić information content (AvgIpc) is 3.19. The fourth-order valence-electron chi connectivity index (χ4n) is 2.10. The van der Waals surface area contributed by atoms with Crippen LogP contribution in [0.2, 0.25) is 0 Å². The number of unbranched alkanes of at least 4 members (excludes halogenated alkanes) is 1. The summed E-state index contributed by atoms with van der Waals surface area (Å²) in [5, 5.41) is 7.24. The van der Waals surface area contributed by atoms with Gasteiger partial charge < -0.3 is 9.88 Å². The Labute approximate surface area is 141 Å². The molecular formula is C16H25N5OS. The SMILES string of the molecule is CCCCSC(C)C(=O)Nc1ccn(CCCn2ccnc2)n1. The lowest BCUT2D eigenvalue weighted by molar-refractivity contribution is -0.115. The molecule has 0 radical (unpaired) electrons. The number of rotatable bonds is 10. The molecule has 2 heterocycles. The van der Waals surface area contributed by atoms with E-state index in [1.54, 1.807) is 18.0 Å². The number of aryl methyl sites for hydroxylation is 2. The molecule has 0 bridgehead atoms. The van der Waals surface area contributed by atoms with Gasteiger partial charge in [-0.05, 0) is 25.5 Å². The first-order valence-corrected chi connectivity index (χ1v) is 9.15. The normalized spacial score (nSPS) is 12.3. The minimum atomic E-state index is -0.0482. The van der Waals surface area contributed by atoms with Crippen LogP contribution in [0.4, 0.5) is 5.82 Å². The van der Waals surface area contributed by atoms with Crippen molar-refractivity contribution in [3.8, 4) is 0 Å². The molecular weight excluding hydrogens is 310 g/mol. The van der Waals surface area contributed by atoms with Crippen molar-refractivity contribution in [2.24, 2.45) is 0 Å². The van der Waals surface area contributed by atoms with Crippen LogP contribution in [0, 0.1) is 0 Å². The van der Waals surface area contributed by atoms with Crippen molar-refractivity contribution in [3.05, 3.63) is 31.0 Å². The summed E-state index contributed by atoms with van der Waals surface area (Å²) in [6.07, 6.45) is 10.7. The zero-order valence-electron chi connectivity index (χ0n) is 13.8. The highest BCUT2D eigenvalue weighted by Gasteiger charge is 2.14. The van der Waals surface area contributed by atoms with Crippen molar-refractivity contribution in [1.29, 1.82) is 0 Å². The average molecular weight is 335 g/mol. The molecule has 23 heavy (non-hydrogen) atoms. The van der Waals surface area contributed by atoms with Crippen LogP contribution in [0.25, 0.3) is 0 Å². The lowest BCUT2D eigenvalue weighted by Gasteiger charge is -2.10. The van der Waals surface area contributed by atoms with Crippen LogP contribution < -0.4 is 5.32 Å². The number of nitrogens with one attached hydrogen (secondary N) is 1. The number of thioether (sulfide) groups is 1. The number of anilines is 1. The molecule has 2 aromatic heterocycles. The first kappa shape index (κ1) is 17.6. The summed E-state index contributed by atoms with van der Waals surface area (Å²) in [6.45, 7) is 5.82. The van der Waals surface area contributed by atoms with Gasteiger partial charge in [-0.2, -0.15) is 5.10 Å². The topological polar surface area (TPSA) is 64.7 Å². The predicted molar refractivity (Wildman–Crippen MR) is 94.5 cm³/mol. The van der Waals surface area contributed by atoms with E-state index in [1.807, 2.05) is 41.0 Å². The Morgan fingerprint density at radius 3 is 2.96 bits per heavy atom. The molecule has 1 amide bonds. The van der Waals surface area contributed by atoms with Crippen molar-refractivity contribution in [2.45, 2.75) is 51.4 Å². The summed E-state index contributed by atoms with van der Waals surface area (Å²) in [5.41, 5.74) is 0. The maximum absolute atomic E-state index is 12.1. The molecule has 0 saturated heterocycles. The monoisotopic (exact) mass is 335 g/mol. The third kappa shape index (κ3) is 6.09. The van der Waals surface area contributed by atoms with Crippen LogP contribution in [0.1, 0.15) is 33.1 Å². The minimum Gasteiger partial charge on any atom is -0.337 e. The van der Waals surface area contributed by atoms with Gasteiger partial charge in [-0.3, -0.25) is 9.48 Å². The number of imidazole rings is 1. The van der Waals surface area contributed by atoms with E-state index in [2.05, 4.69) is 22.3 Å². The third-order valence-corrected chi connectivity index (χ3v) is 4.73. The smallest absolute Gasteiger partial charge is 0.238 e. The molecule has 0 aromatic carbocycles. The van der Waals surface area contributed by atoms with Gasteiger partial charge in [-0.25, -0.2) is 4.98 Å². The number of nitrogens with zero attached hydrogens (tertiary/aromatic N) is 4. The van der Waals surface area contributed by atoms with Crippen molar-refractivity contribution < 1.29 is 4.79 Å². The molecule has 0 aliphatic heterocycles. The van der Waals surface area contributed by atoms with Gasteiger partial charge in [0.1, 0.15) is 0 Å². The molecule has 2 aromatic rings. The fourth-order valence-corrected chi connectivity index (χ4v) is 3.11. The molecule has 0 saturated carbocycles. The zero-order chi connectivity index (χ0) is 16.5. The van der Waals surface area contributed by atoms with Gasteiger partial charge in [0.05, 0.1) is 11.6 Å². The van der Waals surface area contributed by atoms with Crippen LogP contribution in [0.3, 0.4) is 0 Å². The number of hydrogen-bond donors (Lipinski definition) is 1. The third-order valence-electron chi connectivity index (χ3n) is 3.49. The van der Waals surface area contributed by atoms with Crippen molar-refractivity contribution in [2.75, 3.05) is 11.1 Å². The summed E-state index contributed by atoms with van der Waals surface area (Å²) < 4.78 is 3.91. The maximum atomic E-state index is 12.1. The van der Waals surface area contributed by atoms with E-state index in [-0.39, 0.29) is 11.2 Å². The Hall–Kier alpha value is -1.76. The molecule has 0 fully saturated rings. The van der Waals surface area contributed by atoms with Gasteiger partial charge in [0.15, 0.2) is 5.82 Å². The Morgan fingerprint density at radius 1 is 1.35 bits per heavy atom. The highest BCUT2D eigenvalue weighted by atomic mass is 32.2. The number of hydrogen-bond acceptors (Lipinski definition) is 4. The number of carbonyl (C=O) groups excluding carboxylic acids is 1. The van der Waals surface area contributed by atoms with E-state index < -0.39 is 0 Å². The van der Waals surface area contributed by atoms with Crippen molar-refractivity contribution in [1.82, 2.24) is 19.3 Å². The fraction of sp³-hybridized carbons (Fsp3) is 0.562. The summed E-state index contributed by atoms with van der Waals surface area (Å²) in [7, 11) is 0. The molecule has 1 atom stereocenters.